The molecule has 0 spiro atoms. The Kier molecular flexibility index (Phi) is 3.18. The Bertz CT molecular complexity index is 719. The lowest BCUT2D eigenvalue weighted by Crippen LogP contribution is -2.31. The van der Waals surface area contributed by atoms with Gasteiger partial charge in [0.25, 0.3) is 5.91 Å². The first kappa shape index (κ1) is 13.4. The van der Waals surface area contributed by atoms with Crippen molar-refractivity contribution >= 4 is 5.91 Å². The first-order valence-electron chi connectivity index (χ1n) is 7.53. The molecule has 0 radical (unpaired) electrons. The van der Waals surface area contributed by atoms with E-state index in [-0.39, 0.29) is 5.91 Å². The second-order valence-electron chi connectivity index (χ2n) is 5.89. The number of aromatic amines is 1. The van der Waals surface area contributed by atoms with Crippen LogP contribution in [0.15, 0.2) is 0 Å². The van der Waals surface area contributed by atoms with Crippen molar-refractivity contribution < 1.29 is 9.53 Å². The van der Waals surface area contributed by atoms with Crippen LogP contribution >= 0.6 is 0 Å². The van der Waals surface area contributed by atoms with Crippen molar-refractivity contribution in [3.63, 3.8) is 0 Å². The molecule has 0 fully saturated rings. The number of carbonyl (C=O) groups excluding carboxylic acids is 1. The molecular weight excluding hydrogens is 284 g/mol. The molecule has 1 amide bonds. The van der Waals surface area contributed by atoms with Crippen LogP contribution in [0.5, 0.6) is 0 Å². The quantitative estimate of drug-likeness (QED) is 0.830. The fourth-order valence-electron chi connectivity index (χ4n) is 3.15. The summed E-state index contributed by atoms with van der Waals surface area (Å²) in [5.41, 5.74) is 2.37. The number of aryl methyl sites for hydroxylation is 1. The van der Waals surface area contributed by atoms with Crippen molar-refractivity contribution in [1.29, 1.82) is 0 Å². The summed E-state index contributed by atoms with van der Waals surface area (Å²) >= 11 is 0. The van der Waals surface area contributed by atoms with Gasteiger partial charge in [-0.05, 0) is 6.92 Å². The van der Waals surface area contributed by atoms with Gasteiger partial charge in [0.05, 0.1) is 13.2 Å². The number of H-pyrrole nitrogens is 1. The number of aromatic nitrogens is 5. The summed E-state index contributed by atoms with van der Waals surface area (Å²) in [5.74, 6) is 2.16. The molecule has 2 aromatic heterocycles. The van der Waals surface area contributed by atoms with Crippen LogP contribution in [0.1, 0.15) is 33.4 Å². The minimum atomic E-state index is -0.137. The van der Waals surface area contributed by atoms with Crippen LogP contribution in [0, 0.1) is 12.8 Å². The number of rotatable bonds is 3. The van der Waals surface area contributed by atoms with Gasteiger partial charge in [0.15, 0.2) is 5.69 Å². The maximum Gasteiger partial charge on any atom is 0.272 e. The summed E-state index contributed by atoms with van der Waals surface area (Å²) in [5, 5.41) is 18.3. The highest BCUT2D eigenvalue weighted by molar-refractivity contribution is 5.93. The Morgan fingerprint density at radius 2 is 2.41 bits per heavy atom. The Labute approximate surface area is 127 Å². The maximum atomic E-state index is 12.3. The van der Waals surface area contributed by atoms with E-state index in [0.29, 0.717) is 31.4 Å². The Hall–Kier alpha value is -2.22. The largest absolute Gasteiger partial charge is 0.376 e. The molecule has 4 heterocycles. The third kappa shape index (κ3) is 2.19. The number of carbonyl (C=O) groups is 1. The highest BCUT2D eigenvalue weighted by Crippen LogP contribution is 2.20. The number of amides is 1. The first-order valence-corrected chi connectivity index (χ1v) is 7.53. The van der Waals surface area contributed by atoms with Crippen LogP contribution in [0.3, 0.4) is 0 Å². The van der Waals surface area contributed by atoms with E-state index in [2.05, 4.69) is 30.3 Å². The molecule has 116 valence electrons. The van der Waals surface area contributed by atoms with Gasteiger partial charge in [-0.25, -0.2) is 0 Å². The van der Waals surface area contributed by atoms with Gasteiger partial charge in [-0.1, -0.05) is 0 Å². The van der Waals surface area contributed by atoms with Crippen molar-refractivity contribution in [2.75, 3.05) is 13.2 Å². The number of hydrogen-bond acceptors (Lipinski definition) is 5. The van der Waals surface area contributed by atoms with Crippen molar-refractivity contribution in [3.05, 3.63) is 28.6 Å². The fourth-order valence-corrected chi connectivity index (χ4v) is 3.15. The van der Waals surface area contributed by atoms with E-state index < -0.39 is 0 Å². The lowest BCUT2D eigenvalue weighted by atomic mass is 10.1. The summed E-state index contributed by atoms with van der Waals surface area (Å²) in [7, 11) is 0. The molecule has 8 nitrogen and oxygen atoms in total. The molecule has 0 saturated carbocycles. The van der Waals surface area contributed by atoms with E-state index in [1.807, 2.05) is 6.92 Å². The Morgan fingerprint density at radius 3 is 3.27 bits per heavy atom. The molecule has 22 heavy (non-hydrogen) atoms. The zero-order valence-electron chi connectivity index (χ0n) is 12.4. The van der Waals surface area contributed by atoms with E-state index in [4.69, 9.17) is 4.74 Å². The van der Waals surface area contributed by atoms with E-state index in [1.54, 1.807) is 0 Å². The van der Waals surface area contributed by atoms with Crippen molar-refractivity contribution in [3.8, 4) is 0 Å². The topological polar surface area (TPSA) is 97.7 Å². The standard InChI is InChI=1S/C14H18N6O2/c1-8-16-18-12-4-9(6-20(8)12)5-15-14(21)13-10-7-22-3-2-11(10)17-19-13/h9H,2-7H2,1H3,(H,15,21)(H,17,19). The maximum absolute atomic E-state index is 12.3. The zero-order valence-corrected chi connectivity index (χ0v) is 12.4. The van der Waals surface area contributed by atoms with Gasteiger partial charge in [0, 0.05) is 43.1 Å². The highest BCUT2D eigenvalue weighted by Gasteiger charge is 2.27. The molecule has 8 heteroatoms. The fraction of sp³-hybridized carbons (Fsp3) is 0.571. The molecular formula is C14H18N6O2. The number of hydrogen-bond donors (Lipinski definition) is 2. The molecule has 2 N–H and O–H groups in total. The third-order valence-electron chi connectivity index (χ3n) is 4.39. The molecule has 0 bridgehead atoms. The Balaban J connectivity index is 1.38. The lowest BCUT2D eigenvalue weighted by molar-refractivity contribution is 0.0919. The van der Waals surface area contributed by atoms with Crippen molar-refractivity contribution in [2.45, 2.75) is 32.9 Å². The minimum Gasteiger partial charge on any atom is -0.376 e. The summed E-state index contributed by atoms with van der Waals surface area (Å²) in [6.45, 7) is 4.56. The van der Waals surface area contributed by atoms with Crippen LogP contribution in [0.25, 0.3) is 0 Å². The second-order valence-corrected chi connectivity index (χ2v) is 5.89. The van der Waals surface area contributed by atoms with Gasteiger partial charge in [-0.3, -0.25) is 9.89 Å². The summed E-state index contributed by atoms with van der Waals surface area (Å²) in [6.07, 6.45) is 1.63. The van der Waals surface area contributed by atoms with Crippen LogP contribution in [-0.2, 0) is 30.7 Å². The number of ether oxygens (including phenoxy) is 1. The van der Waals surface area contributed by atoms with Crippen molar-refractivity contribution in [1.82, 2.24) is 30.3 Å². The first-order chi connectivity index (χ1) is 10.7. The van der Waals surface area contributed by atoms with E-state index in [0.717, 1.165) is 42.3 Å². The van der Waals surface area contributed by atoms with Gasteiger partial charge in [0.1, 0.15) is 11.6 Å². The predicted octanol–water partition coefficient (Wildman–Crippen LogP) is -0.0154. The summed E-state index contributed by atoms with van der Waals surface area (Å²) in [4.78, 5) is 12.3. The molecule has 0 aliphatic carbocycles. The summed E-state index contributed by atoms with van der Waals surface area (Å²) in [6, 6.07) is 0. The van der Waals surface area contributed by atoms with Gasteiger partial charge in [0.2, 0.25) is 0 Å². The second kappa shape index (κ2) is 5.20. The van der Waals surface area contributed by atoms with Gasteiger partial charge in [-0.2, -0.15) is 5.10 Å². The average molecular weight is 302 g/mol. The minimum absolute atomic E-state index is 0.137. The van der Waals surface area contributed by atoms with Gasteiger partial charge in [-0.15, -0.1) is 10.2 Å². The zero-order chi connectivity index (χ0) is 15.1. The molecule has 1 unspecified atom stereocenters. The number of nitrogens with zero attached hydrogens (tertiary/aromatic N) is 4. The number of nitrogens with one attached hydrogen (secondary N) is 2. The van der Waals surface area contributed by atoms with Crippen LogP contribution in [-0.4, -0.2) is 44.0 Å². The smallest absolute Gasteiger partial charge is 0.272 e. The van der Waals surface area contributed by atoms with Crippen molar-refractivity contribution in [2.24, 2.45) is 5.92 Å². The molecule has 2 aromatic rings. The lowest BCUT2D eigenvalue weighted by Gasteiger charge is -2.13. The normalized spacial score (nSPS) is 19.8. The van der Waals surface area contributed by atoms with Gasteiger partial charge >= 0.3 is 0 Å². The number of fused-ring (bicyclic) bond motifs is 2. The molecule has 0 saturated heterocycles. The molecule has 2 aliphatic rings. The van der Waals surface area contributed by atoms with Crippen LogP contribution in [0.4, 0.5) is 0 Å². The molecule has 4 rings (SSSR count). The average Bonchev–Trinajstić information content (AvgIpc) is 3.21. The van der Waals surface area contributed by atoms with E-state index >= 15 is 0 Å². The van der Waals surface area contributed by atoms with Crippen LogP contribution in [0.2, 0.25) is 0 Å². The molecule has 2 aliphatic heterocycles. The van der Waals surface area contributed by atoms with E-state index in [1.165, 1.54) is 0 Å². The summed E-state index contributed by atoms with van der Waals surface area (Å²) < 4.78 is 7.52. The van der Waals surface area contributed by atoms with E-state index in [9.17, 15) is 4.79 Å². The molecule has 1 atom stereocenters. The monoisotopic (exact) mass is 302 g/mol. The SMILES string of the molecule is Cc1nnc2n1CC(CNC(=O)c1n[nH]c3c1COCC3)C2. The predicted molar refractivity (Wildman–Crippen MR) is 76.2 cm³/mol. The van der Waals surface area contributed by atoms with Gasteiger partial charge < -0.3 is 14.6 Å². The third-order valence-corrected chi connectivity index (χ3v) is 4.39. The highest BCUT2D eigenvalue weighted by atomic mass is 16.5. The molecule has 0 aromatic carbocycles. The van der Waals surface area contributed by atoms with Crippen LogP contribution < -0.4 is 5.32 Å². The Morgan fingerprint density at radius 1 is 1.50 bits per heavy atom.